The summed E-state index contributed by atoms with van der Waals surface area (Å²) in [7, 11) is 0. The molecule has 0 bridgehead atoms. The number of rotatable bonds is 3. The highest BCUT2D eigenvalue weighted by molar-refractivity contribution is 5.97. The molecule has 0 aromatic heterocycles. The third-order valence-corrected chi connectivity index (χ3v) is 3.54. The molecule has 0 heterocycles. The highest BCUT2D eigenvalue weighted by atomic mass is 16.1. The molecule has 0 amide bonds. The Balaban J connectivity index is 2.27. The van der Waals surface area contributed by atoms with Crippen molar-refractivity contribution in [3.05, 3.63) is 53.6 Å². The average Bonchev–Trinajstić information content (AvgIpc) is 2.43. The van der Waals surface area contributed by atoms with Crippen LogP contribution in [-0.2, 0) is 9.59 Å². The minimum Gasteiger partial charge on any atom is -0.303 e. The van der Waals surface area contributed by atoms with E-state index in [0.717, 1.165) is 34.5 Å². The van der Waals surface area contributed by atoms with E-state index in [-0.39, 0.29) is 5.92 Å². The standard InChI is InChI=1S/C16H12O2/c17-9-13(10-18)14-8-7-12-4-1-3-11-5-2-6-15(14)16(11)12/h1-10,13-14H. The van der Waals surface area contributed by atoms with Crippen molar-refractivity contribution in [2.45, 2.75) is 5.92 Å². The molecule has 0 fully saturated rings. The van der Waals surface area contributed by atoms with E-state index >= 15 is 0 Å². The van der Waals surface area contributed by atoms with Gasteiger partial charge >= 0.3 is 0 Å². The van der Waals surface area contributed by atoms with Crippen molar-refractivity contribution >= 4 is 29.4 Å². The van der Waals surface area contributed by atoms with Gasteiger partial charge < -0.3 is 9.59 Å². The summed E-state index contributed by atoms with van der Waals surface area (Å²) in [6.45, 7) is 0. The summed E-state index contributed by atoms with van der Waals surface area (Å²) >= 11 is 0. The van der Waals surface area contributed by atoms with E-state index < -0.39 is 5.92 Å². The molecule has 1 atom stereocenters. The zero-order chi connectivity index (χ0) is 12.5. The first-order valence-electron chi connectivity index (χ1n) is 5.95. The highest BCUT2D eigenvalue weighted by Gasteiger charge is 2.24. The maximum absolute atomic E-state index is 11.0. The minimum atomic E-state index is -0.597. The predicted octanol–water partition coefficient (Wildman–Crippen LogP) is 2.96. The van der Waals surface area contributed by atoms with Crippen LogP contribution in [0.2, 0.25) is 0 Å². The Hall–Kier alpha value is -2.22. The summed E-state index contributed by atoms with van der Waals surface area (Å²) in [6, 6.07) is 12.1. The van der Waals surface area contributed by atoms with Crippen molar-refractivity contribution in [1.29, 1.82) is 0 Å². The molecule has 0 N–H and O–H groups in total. The van der Waals surface area contributed by atoms with Crippen molar-refractivity contribution in [2.75, 3.05) is 0 Å². The van der Waals surface area contributed by atoms with Crippen LogP contribution in [0.15, 0.2) is 42.5 Å². The Kier molecular flexibility index (Phi) is 2.56. The van der Waals surface area contributed by atoms with Gasteiger partial charge in [-0.15, -0.1) is 0 Å². The second-order valence-corrected chi connectivity index (χ2v) is 4.53. The SMILES string of the molecule is O=CC(C=O)C1C=Cc2cccc3cccc1c23. The van der Waals surface area contributed by atoms with Gasteiger partial charge in [-0.3, -0.25) is 0 Å². The van der Waals surface area contributed by atoms with Gasteiger partial charge in [0.15, 0.2) is 0 Å². The van der Waals surface area contributed by atoms with E-state index in [9.17, 15) is 9.59 Å². The van der Waals surface area contributed by atoms with Crippen LogP contribution < -0.4 is 0 Å². The Labute approximate surface area is 105 Å². The van der Waals surface area contributed by atoms with E-state index in [1.807, 2.05) is 30.4 Å². The van der Waals surface area contributed by atoms with Gasteiger partial charge in [-0.2, -0.15) is 0 Å². The summed E-state index contributed by atoms with van der Waals surface area (Å²) < 4.78 is 0. The Morgan fingerprint density at radius 3 is 2.44 bits per heavy atom. The first-order chi connectivity index (χ1) is 8.85. The molecule has 0 aliphatic heterocycles. The molecule has 2 aromatic carbocycles. The summed E-state index contributed by atoms with van der Waals surface area (Å²) in [5.74, 6) is -0.737. The van der Waals surface area contributed by atoms with Crippen LogP contribution in [0.25, 0.3) is 16.8 Å². The fraction of sp³-hybridized carbons (Fsp3) is 0.125. The summed E-state index contributed by atoms with van der Waals surface area (Å²) in [4.78, 5) is 22.0. The normalized spacial score (nSPS) is 17.1. The van der Waals surface area contributed by atoms with Crippen molar-refractivity contribution in [3.8, 4) is 0 Å². The number of aldehydes is 2. The molecule has 2 nitrogen and oxygen atoms in total. The quantitative estimate of drug-likeness (QED) is 0.606. The third kappa shape index (κ3) is 1.50. The molecule has 2 aromatic rings. The van der Waals surface area contributed by atoms with Crippen molar-refractivity contribution in [2.24, 2.45) is 5.92 Å². The maximum atomic E-state index is 11.0. The Morgan fingerprint density at radius 1 is 1.00 bits per heavy atom. The second kappa shape index (κ2) is 4.22. The van der Waals surface area contributed by atoms with E-state index in [1.165, 1.54) is 0 Å². The van der Waals surface area contributed by atoms with Crippen LogP contribution in [0.4, 0.5) is 0 Å². The van der Waals surface area contributed by atoms with Gasteiger partial charge in [0.2, 0.25) is 0 Å². The predicted molar refractivity (Wildman–Crippen MR) is 71.3 cm³/mol. The smallest absolute Gasteiger partial charge is 0.131 e. The van der Waals surface area contributed by atoms with Gasteiger partial charge in [0, 0.05) is 5.92 Å². The fourth-order valence-corrected chi connectivity index (χ4v) is 2.66. The van der Waals surface area contributed by atoms with Crippen molar-refractivity contribution < 1.29 is 9.59 Å². The number of hydrogen-bond donors (Lipinski definition) is 0. The summed E-state index contributed by atoms with van der Waals surface area (Å²) in [5, 5.41) is 2.30. The van der Waals surface area contributed by atoms with Crippen LogP contribution >= 0.6 is 0 Å². The molecular formula is C16H12O2. The van der Waals surface area contributed by atoms with Crippen LogP contribution in [0.5, 0.6) is 0 Å². The van der Waals surface area contributed by atoms with E-state index in [0.29, 0.717) is 0 Å². The molecule has 0 radical (unpaired) electrons. The van der Waals surface area contributed by atoms with E-state index in [2.05, 4.69) is 18.2 Å². The molecule has 0 saturated carbocycles. The van der Waals surface area contributed by atoms with Crippen LogP contribution in [-0.4, -0.2) is 12.6 Å². The van der Waals surface area contributed by atoms with Gasteiger partial charge in [0.1, 0.15) is 12.6 Å². The molecular weight excluding hydrogens is 224 g/mol. The molecule has 1 aliphatic rings. The van der Waals surface area contributed by atoms with E-state index in [4.69, 9.17) is 0 Å². The highest BCUT2D eigenvalue weighted by Crippen LogP contribution is 2.37. The van der Waals surface area contributed by atoms with E-state index in [1.54, 1.807) is 0 Å². The average molecular weight is 236 g/mol. The number of carbonyl (C=O) groups excluding carboxylic acids is 2. The zero-order valence-electron chi connectivity index (χ0n) is 9.74. The molecule has 18 heavy (non-hydrogen) atoms. The Bertz CT molecular complexity index is 642. The monoisotopic (exact) mass is 236 g/mol. The lowest BCUT2D eigenvalue weighted by Gasteiger charge is -2.22. The molecule has 88 valence electrons. The summed E-state index contributed by atoms with van der Waals surface area (Å²) in [6.07, 6.45) is 5.41. The lowest BCUT2D eigenvalue weighted by molar-refractivity contribution is -0.119. The van der Waals surface area contributed by atoms with Crippen molar-refractivity contribution in [1.82, 2.24) is 0 Å². The molecule has 0 spiro atoms. The number of carbonyl (C=O) groups is 2. The summed E-state index contributed by atoms with van der Waals surface area (Å²) in [5.41, 5.74) is 2.21. The van der Waals surface area contributed by atoms with Gasteiger partial charge in [-0.05, 0) is 21.9 Å². The minimum absolute atomic E-state index is 0.140. The number of hydrogen-bond acceptors (Lipinski definition) is 2. The van der Waals surface area contributed by atoms with Crippen LogP contribution in [0.3, 0.4) is 0 Å². The fourth-order valence-electron chi connectivity index (χ4n) is 2.66. The first kappa shape index (κ1) is 10.9. The molecule has 1 aliphatic carbocycles. The number of allylic oxidation sites excluding steroid dienone is 1. The first-order valence-corrected chi connectivity index (χ1v) is 5.95. The molecule has 2 heteroatoms. The molecule has 1 unspecified atom stereocenters. The second-order valence-electron chi connectivity index (χ2n) is 4.53. The van der Waals surface area contributed by atoms with Gasteiger partial charge in [-0.25, -0.2) is 0 Å². The number of benzene rings is 2. The lowest BCUT2D eigenvalue weighted by atomic mass is 9.80. The van der Waals surface area contributed by atoms with Crippen LogP contribution in [0, 0.1) is 5.92 Å². The molecule has 0 saturated heterocycles. The Morgan fingerprint density at radius 2 is 1.72 bits per heavy atom. The van der Waals surface area contributed by atoms with Crippen molar-refractivity contribution in [3.63, 3.8) is 0 Å². The van der Waals surface area contributed by atoms with Gasteiger partial charge in [0.25, 0.3) is 0 Å². The van der Waals surface area contributed by atoms with Gasteiger partial charge in [-0.1, -0.05) is 48.6 Å². The topological polar surface area (TPSA) is 34.1 Å². The van der Waals surface area contributed by atoms with Crippen LogP contribution in [0.1, 0.15) is 17.0 Å². The lowest BCUT2D eigenvalue weighted by Crippen LogP contribution is -2.16. The maximum Gasteiger partial charge on any atom is 0.131 e. The zero-order valence-corrected chi connectivity index (χ0v) is 9.74. The third-order valence-electron chi connectivity index (χ3n) is 3.54. The molecule has 3 rings (SSSR count). The van der Waals surface area contributed by atoms with Gasteiger partial charge in [0.05, 0.1) is 5.92 Å². The largest absolute Gasteiger partial charge is 0.303 e.